The van der Waals surface area contributed by atoms with Crippen molar-refractivity contribution in [1.29, 1.82) is 0 Å². The van der Waals surface area contributed by atoms with Gasteiger partial charge in [-0.2, -0.15) is 0 Å². The molecule has 1 rings (SSSR count). The van der Waals surface area contributed by atoms with Gasteiger partial charge in [0.1, 0.15) is 0 Å². The van der Waals surface area contributed by atoms with E-state index in [0.29, 0.717) is 19.0 Å². The molecule has 2 N–H and O–H groups in total. The van der Waals surface area contributed by atoms with Crippen molar-refractivity contribution >= 4 is 5.97 Å². The molecule has 0 aliphatic heterocycles. The van der Waals surface area contributed by atoms with Crippen LogP contribution in [0.5, 0.6) is 5.88 Å². The average molecular weight is 236 g/mol. The zero-order valence-corrected chi connectivity index (χ0v) is 9.93. The Kier molecular flexibility index (Phi) is 5.16. The molecule has 92 valence electrons. The normalized spacial score (nSPS) is 11.3. The van der Waals surface area contributed by atoms with Gasteiger partial charge < -0.3 is 15.2 Å². The fourth-order valence-corrected chi connectivity index (χ4v) is 1.30. The topological polar surface area (TPSA) is 71.5 Å². The van der Waals surface area contributed by atoms with Crippen molar-refractivity contribution in [3.05, 3.63) is 35.5 Å². The minimum atomic E-state index is -0.921. The Labute approximate surface area is 100 Å². The summed E-state index contributed by atoms with van der Waals surface area (Å²) in [7, 11) is 1.57. The molecule has 0 bridgehead atoms. The van der Waals surface area contributed by atoms with Crippen LogP contribution in [0, 0.1) is 0 Å². The van der Waals surface area contributed by atoms with Gasteiger partial charge in [-0.1, -0.05) is 11.6 Å². The van der Waals surface area contributed by atoms with Gasteiger partial charge in [0.05, 0.1) is 7.11 Å². The number of nitrogens with one attached hydrogen (secondary N) is 1. The Morgan fingerprint density at radius 3 is 2.88 bits per heavy atom. The van der Waals surface area contributed by atoms with Gasteiger partial charge in [-0.3, -0.25) is 0 Å². The van der Waals surface area contributed by atoms with Crippen molar-refractivity contribution in [1.82, 2.24) is 10.3 Å². The zero-order chi connectivity index (χ0) is 12.7. The van der Waals surface area contributed by atoms with Gasteiger partial charge in [0.25, 0.3) is 0 Å². The molecule has 0 spiro atoms. The van der Waals surface area contributed by atoms with Gasteiger partial charge >= 0.3 is 5.97 Å². The Hall–Kier alpha value is -1.88. The first-order valence-corrected chi connectivity index (χ1v) is 5.21. The maximum absolute atomic E-state index is 10.4. The highest BCUT2D eigenvalue weighted by molar-refractivity contribution is 5.80. The molecule has 1 aromatic heterocycles. The summed E-state index contributed by atoms with van der Waals surface area (Å²) in [6.07, 6.45) is 2.92. The Morgan fingerprint density at radius 2 is 2.35 bits per heavy atom. The molecule has 0 aromatic carbocycles. The summed E-state index contributed by atoms with van der Waals surface area (Å²) < 4.78 is 4.95. The highest BCUT2D eigenvalue weighted by Crippen LogP contribution is 2.06. The van der Waals surface area contributed by atoms with E-state index in [1.165, 1.54) is 6.08 Å². The van der Waals surface area contributed by atoms with E-state index >= 15 is 0 Å². The molecule has 0 aliphatic carbocycles. The molecule has 0 atom stereocenters. The van der Waals surface area contributed by atoms with Gasteiger partial charge in [-0.15, -0.1) is 0 Å². The quantitative estimate of drug-likeness (QED) is 0.726. The van der Waals surface area contributed by atoms with Crippen molar-refractivity contribution in [2.75, 3.05) is 13.7 Å². The molecule has 1 heterocycles. The number of carbonyl (C=O) groups is 1. The molecule has 0 radical (unpaired) electrons. The summed E-state index contributed by atoms with van der Waals surface area (Å²) in [6, 6.07) is 3.70. The van der Waals surface area contributed by atoms with Crippen molar-refractivity contribution in [3.8, 4) is 5.88 Å². The summed E-state index contributed by atoms with van der Waals surface area (Å²) in [5, 5.41) is 11.7. The van der Waals surface area contributed by atoms with Gasteiger partial charge in [-0.05, 0) is 12.5 Å². The summed E-state index contributed by atoms with van der Waals surface area (Å²) in [4.78, 5) is 14.5. The van der Waals surface area contributed by atoms with Gasteiger partial charge in [0.15, 0.2) is 0 Å². The molecule has 0 saturated heterocycles. The van der Waals surface area contributed by atoms with E-state index in [4.69, 9.17) is 9.84 Å². The predicted octanol–water partition coefficient (Wildman–Crippen LogP) is 1.21. The van der Waals surface area contributed by atoms with Crippen LogP contribution >= 0.6 is 0 Å². The van der Waals surface area contributed by atoms with Gasteiger partial charge in [0, 0.05) is 31.4 Å². The third-order valence-electron chi connectivity index (χ3n) is 2.11. The molecule has 17 heavy (non-hydrogen) atoms. The molecule has 1 aromatic rings. The number of pyridine rings is 1. The smallest absolute Gasteiger partial charge is 0.328 e. The van der Waals surface area contributed by atoms with Crippen molar-refractivity contribution in [2.24, 2.45) is 0 Å². The summed E-state index contributed by atoms with van der Waals surface area (Å²) in [5.74, 6) is -0.342. The van der Waals surface area contributed by atoms with E-state index in [-0.39, 0.29) is 0 Å². The summed E-state index contributed by atoms with van der Waals surface area (Å²) >= 11 is 0. The lowest BCUT2D eigenvalue weighted by Gasteiger charge is -2.05. The monoisotopic (exact) mass is 236 g/mol. The van der Waals surface area contributed by atoms with Crippen molar-refractivity contribution < 1.29 is 14.6 Å². The molecule has 0 fully saturated rings. The Bertz CT molecular complexity index is 399. The van der Waals surface area contributed by atoms with Crippen LogP contribution in [0.2, 0.25) is 0 Å². The third-order valence-corrected chi connectivity index (χ3v) is 2.11. The molecule has 0 unspecified atom stereocenters. The minimum Gasteiger partial charge on any atom is -0.481 e. The standard InChI is InChI=1S/C12H16N2O3/c1-9(5-12(15)16)6-13-7-10-3-4-11(17-2)14-8-10/h3-5,8,13H,6-7H2,1-2H3,(H,15,16)/b9-5+. The van der Waals surface area contributed by atoms with E-state index in [1.54, 1.807) is 26.3 Å². The van der Waals surface area contributed by atoms with E-state index in [0.717, 1.165) is 11.1 Å². The second kappa shape index (κ2) is 6.65. The number of methoxy groups -OCH3 is 1. The first-order chi connectivity index (χ1) is 8.11. The molecule has 0 amide bonds. The highest BCUT2D eigenvalue weighted by Gasteiger charge is 1.97. The van der Waals surface area contributed by atoms with Gasteiger partial charge in [0.2, 0.25) is 5.88 Å². The number of hydrogen-bond donors (Lipinski definition) is 2. The second-order valence-electron chi connectivity index (χ2n) is 3.64. The summed E-state index contributed by atoms with van der Waals surface area (Å²) in [5.41, 5.74) is 1.80. The minimum absolute atomic E-state index is 0.540. The number of aromatic nitrogens is 1. The van der Waals surface area contributed by atoms with Crippen LogP contribution in [0.15, 0.2) is 30.0 Å². The van der Waals surface area contributed by atoms with Crippen LogP contribution < -0.4 is 10.1 Å². The Balaban J connectivity index is 2.38. The number of nitrogens with zero attached hydrogens (tertiary/aromatic N) is 1. The van der Waals surface area contributed by atoms with Crippen LogP contribution in [0.4, 0.5) is 0 Å². The number of carboxylic acid groups (broad SMARTS) is 1. The summed E-state index contributed by atoms with van der Waals surface area (Å²) in [6.45, 7) is 2.95. The van der Waals surface area contributed by atoms with E-state index in [9.17, 15) is 4.79 Å². The third kappa shape index (κ3) is 5.12. The van der Waals surface area contributed by atoms with E-state index in [2.05, 4.69) is 10.3 Å². The molecular weight excluding hydrogens is 220 g/mol. The van der Waals surface area contributed by atoms with Crippen LogP contribution in [0.3, 0.4) is 0 Å². The lowest BCUT2D eigenvalue weighted by Crippen LogP contribution is -2.16. The Morgan fingerprint density at radius 1 is 1.59 bits per heavy atom. The molecule has 0 aliphatic rings. The largest absolute Gasteiger partial charge is 0.481 e. The fraction of sp³-hybridized carbons (Fsp3) is 0.333. The predicted molar refractivity (Wildman–Crippen MR) is 63.9 cm³/mol. The van der Waals surface area contributed by atoms with Gasteiger partial charge in [-0.25, -0.2) is 9.78 Å². The van der Waals surface area contributed by atoms with Crippen LogP contribution in [0.1, 0.15) is 12.5 Å². The molecule has 5 nitrogen and oxygen atoms in total. The maximum Gasteiger partial charge on any atom is 0.328 e. The SMILES string of the molecule is COc1ccc(CNC/C(C)=C/C(=O)O)cn1. The van der Waals surface area contributed by atoms with Crippen molar-refractivity contribution in [2.45, 2.75) is 13.5 Å². The number of aliphatic carboxylic acids is 1. The van der Waals surface area contributed by atoms with E-state index < -0.39 is 5.97 Å². The first-order valence-electron chi connectivity index (χ1n) is 5.21. The molecule has 0 saturated carbocycles. The second-order valence-corrected chi connectivity index (χ2v) is 3.64. The maximum atomic E-state index is 10.4. The number of carboxylic acids is 1. The lowest BCUT2D eigenvalue weighted by molar-refractivity contribution is -0.131. The number of hydrogen-bond acceptors (Lipinski definition) is 4. The zero-order valence-electron chi connectivity index (χ0n) is 9.93. The van der Waals surface area contributed by atoms with Crippen molar-refractivity contribution in [3.63, 3.8) is 0 Å². The fourth-order valence-electron chi connectivity index (χ4n) is 1.30. The lowest BCUT2D eigenvalue weighted by atomic mass is 10.2. The van der Waals surface area contributed by atoms with E-state index in [1.807, 2.05) is 6.07 Å². The highest BCUT2D eigenvalue weighted by atomic mass is 16.5. The average Bonchev–Trinajstić information content (AvgIpc) is 2.29. The first kappa shape index (κ1) is 13.2. The molecule has 5 heteroatoms. The van der Waals surface area contributed by atoms with Crippen LogP contribution in [-0.4, -0.2) is 29.7 Å². The number of rotatable bonds is 6. The number of ether oxygens (including phenoxy) is 1. The van der Waals surface area contributed by atoms with Crippen LogP contribution in [0.25, 0.3) is 0 Å². The van der Waals surface area contributed by atoms with Crippen LogP contribution in [-0.2, 0) is 11.3 Å². The molecular formula is C12H16N2O3.